The van der Waals surface area contributed by atoms with Crippen molar-refractivity contribution < 1.29 is 0 Å². The van der Waals surface area contributed by atoms with Crippen LogP contribution in [0.25, 0.3) is 0 Å². The molecule has 2 unspecified atom stereocenters. The van der Waals surface area contributed by atoms with Gasteiger partial charge in [-0.15, -0.1) is 0 Å². The summed E-state index contributed by atoms with van der Waals surface area (Å²) in [7, 11) is 0. The van der Waals surface area contributed by atoms with Gasteiger partial charge in [-0.05, 0) is 24.7 Å². The molecule has 0 N–H and O–H groups in total. The Kier molecular flexibility index (Phi) is 53.1. The molecule has 0 aliphatic rings. The molecule has 0 bridgehead atoms. The molecule has 0 saturated heterocycles. The molecule has 0 aromatic heterocycles. The predicted molar refractivity (Wildman–Crippen MR) is 269 cm³/mol. The lowest BCUT2D eigenvalue weighted by atomic mass is 9.86. The third kappa shape index (κ3) is 50.4. The molecule has 0 heterocycles. The second-order valence-electron chi connectivity index (χ2n) is 20.3. The van der Waals surface area contributed by atoms with Gasteiger partial charge in [-0.2, -0.15) is 0 Å². The Morgan fingerprint density at radius 1 is 0.224 bits per heavy atom. The summed E-state index contributed by atoms with van der Waals surface area (Å²) in [4.78, 5) is 0. The molecule has 0 fully saturated rings. The van der Waals surface area contributed by atoms with E-state index in [0.29, 0.717) is 0 Å². The minimum absolute atomic E-state index is 0.890. The molecule has 0 heteroatoms. The SMILES string of the molecule is CCCCCCCCCCCCCCCCCCCC([CH]CC(C)CCCCCCCCCCCCCCCC)CCCCCCCCCCCCCCCCCC. The van der Waals surface area contributed by atoms with Crippen LogP contribution in [0.4, 0.5) is 0 Å². The summed E-state index contributed by atoms with van der Waals surface area (Å²) in [6, 6.07) is 0. The van der Waals surface area contributed by atoms with E-state index < -0.39 is 0 Å². The highest BCUT2D eigenvalue weighted by molar-refractivity contribution is 4.79. The van der Waals surface area contributed by atoms with Crippen molar-refractivity contribution >= 4 is 0 Å². The maximum absolute atomic E-state index is 2.83. The fourth-order valence-corrected chi connectivity index (χ4v) is 9.70. The highest BCUT2D eigenvalue weighted by atomic mass is 14.2. The lowest BCUT2D eigenvalue weighted by molar-refractivity contribution is 0.402. The van der Waals surface area contributed by atoms with E-state index in [1.54, 1.807) is 0 Å². The third-order valence-corrected chi connectivity index (χ3v) is 14.0. The largest absolute Gasteiger partial charge is 0.0654 e. The van der Waals surface area contributed by atoms with Crippen LogP contribution in [0.1, 0.15) is 355 Å². The quantitative estimate of drug-likeness (QED) is 0.0537. The van der Waals surface area contributed by atoms with Gasteiger partial charge in [0.1, 0.15) is 0 Å². The number of hydrogen-bond acceptors (Lipinski definition) is 0. The topological polar surface area (TPSA) is 0 Å². The smallest absolute Gasteiger partial charge is 0.0352 e. The molecule has 0 nitrogen and oxygen atoms in total. The van der Waals surface area contributed by atoms with Crippen LogP contribution in [0.3, 0.4) is 0 Å². The van der Waals surface area contributed by atoms with Crippen LogP contribution in [0.5, 0.6) is 0 Å². The van der Waals surface area contributed by atoms with Gasteiger partial charge in [-0.1, -0.05) is 349 Å². The van der Waals surface area contributed by atoms with Crippen LogP contribution in [0.15, 0.2) is 0 Å². The van der Waals surface area contributed by atoms with Crippen molar-refractivity contribution in [3.05, 3.63) is 6.42 Å². The minimum atomic E-state index is 0.890. The Morgan fingerprint density at radius 2 is 0.397 bits per heavy atom. The van der Waals surface area contributed by atoms with Gasteiger partial charge in [0.25, 0.3) is 0 Å². The Hall–Kier alpha value is 0. The number of hydrogen-bond donors (Lipinski definition) is 0. The van der Waals surface area contributed by atoms with E-state index in [1.807, 2.05) is 0 Å². The van der Waals surface area contributed by atoms with Crippen molar-refractivity contribution in [2.24, 2.45) is 11.8 Å². The fourth-order valence-electron chi connectivity index (χ4n) is 9.70. The van der Waals surface area contributed by atoms with Crippen LogP contribution in [0.2, 0.25) is 0 Å². The zero-order chi connectivity index (χ0) is 41.9. The van der Waals surface area contributed by atoms with Gasteiger partial charge in [-0.3, -0.25) is 0 Å². The summed E-state index contributed by atoms with van der Waals surface area (Å²) < 4.78 is 0. The summed E-state index contributed by atoms with van der Waals surface area (Å²) in [6.07, 6.45) is 77.9. The summed E-state index contributed by atoms with van der Waals surface area (Å²) in [5, 5.41) is 0. The lowest BCUT2D eigenvalue weighted by Gasteiger charge is -2.19. The molecular formula is C58H117. The highest BCUT2D eigenvalue weighted by Crippen LogP contribution is 2.27. The average Bonchev–Trinajstić information content (AvgIpc) is 3.23. The van der Waals surface area contributed by atoms with E-state index >= 15 is 0 Å². The Balaban J connectivity index is 4.06. The van der Waals surface area contributed by atoms with Gasteiger partial charge in [0.05, 0.1) is 0 Å². The molecule has 2 atom stereocenters. The van der Waals surface area contributed by atoms with Crippen LogP contribution >= 0.6 is 0 Å². The summed E-state index contributed by atoms with van der Waals surface area (Å²) in [6.45, 7) is 9.52. The monoisotopic (exact) mass is 814 g/mol. The molecule has 1 radical (unpaired) electrons. The molecular weight excluding hydrogens is 697 g/mol. The van der Waals surface area contributed by atoms with E-state index in [9.17, 15) is 0 Å². The lowest BCUT2D eigenvalue weighted by Crippen LogP contribution is -2.06. The first-order chi connectivity index (χ1) is 28.7. The molecule has 0 aliphatic heterocycles. The second-order valence-corrected chi connectivity index (χ2v) is 20.3. The van der Waals surface area contributed by atoms with Gasteiger partial charge in [0.15, 0.2) is 0 Å². The highest BCUT2D eigenvalue weighted by Gasteiger charge is 2.12. The van der Waals surface area contributed by atoms with Crippen molar-refractivity contribution in [3.8, 4) is 0 Å². The first-order valence-corrected chi connectivity index (χ1v) is 28.6. The van der Waals surface area contributed by atoms with E-state index in [0.717, 1.165) is 11.8 Å². The summed E-state index contributed by atoms with van der Waals surface area (Å²) in [5.41, 5.74) is 0. The van der Waals surface area contributed by atoms with Gasteiger partial charge in [0.2, 0.25) is 0 Å². The van der Waals surface area contributed by atoms with E-state index in [1.165, 1.54) is 327 Å². The minimum Gasteiger partial charge on any atom is -0.0654 e. The Bertz CT molecular complexity index is 680. The molecule has 0 amide bonds. The molecule has 0 saturated carbocycles. The van der Waals surface area contributed by atoms with Crippen molar-refractivity contribution in [3.63, 3.8) is 0 Å². The first-order valence-electron chi connectivity index (χ1n) is 28.6. The standard InChI is InChI=1S/C58H117/c1-5-8-11-14-17-20-23-26-29-31-33-36-39-42-45-48-51-54-58(53-50-47-44-41-38-35-32-30-27-24-21-18-15-12-9-6-2)56-55-57(4)52-49-46-43-40-37-34-28-25-22-19-16-13-10-7-3/h56-58H,5-55H2,1-4H3. The zero-order valence-corrected chi connectivity index (χ0v) is 41.8. The maximum atomic E-state index is 2.83. The van der Waals surface area contributed by atoms with Gasteiger partial charge >= 0.3 is 0 Å². The second kappa shape index (κ2) is 53.1. The van der Waals surface area contributed by atoms with Gasteiger partial charge in [-0.25, -0.2) is 0 Å². The summed E-state index contributed by atoms with van der Waals surface area (Å²) in [5.74, 6) is 1.78. The Morgan fingerprint density at radius 3 is 0.603 bits per heavy atom. The van der Waals surface area contributed by atoms with E-state index in [-0.39, 0.29) is 0 Å². The molecule has 349 valence electrons. The summed E-state index contributed by atoms with van der Waals surface area (Å²) >= 11 is 0. The number of unbranched alkanes of at least 4 members (excludes halogenated alkanes) is 44. The number of rotatable bonds is 53. The van der Waals surface area contributed by atoms with E-state index in [4.69, 9.17) is 0 Å². The van der Waals surface area contributed by atoms with Crippen molar-refractivity contribution in [2.75, 3.05) is 0 Å². The zero-order valence-electron chi connectivity index (χ0n) is 41.8. The van der Waals surface area contributed by atoms with Gasteiger partial charge in [0, 0.05) is 0 Å². The van der Waals surface area contributed by atoms with Crippen molar-refractivity contribution in [2.45, 2.75) is 355 Å². The van der Waals surface area contributed by atoms with Crippen LogP contribution in [-0.4, -0.2) is 0 Å². The molecule has 0 aromatic rings. The van der Waals surface area contributed by atoms with Crippen LogP contribution < -0.4 is 0 Å². The molecule has 0 rings (SSSR count). The van der Waals surface area contributed by atoms with Crippen molar-refractivity contribution in [1.82, 2.24) is 0 Å². The predicted octanol–water partition coefficient (Wildman–Crippen LogP) is 22.4. The van der Waals surface area contributed by atoms with E-state index in [2.05, 4.69) is 34.1 Å². The maximum Gasteiger partial charge on any atom is -0.0352 e. The molecule has 0 spiro atoms. The normalized spacial score (nSPS) is 12.8. The molecule has 58 heavy (non-hydrogen) atoms. The van der Waals surface area contributed by atoms with Crippen LogP contribution in [-0.2, 0) is 0 Å². The molecule has 0 aromatic carbocycles. The average molecular weight is 815 g/mol. The fraction of sp³-hybridized carbons (Fsp3) is 0.983. The van der Waals surface area contributed by atoms with Gasteiger partial charge < -0.3 is 0 Å². The Labute approximate surface area is 372 Å². The van der Waals surface area contributed by atoms with Crippen molar-refractivity contribution in [1.29, 1.82) is 0 Å². The molecule has 0 aliphatic carbocycles. The van der Waals surface area contributed by atoms with Crippen LogP contribution in [0, 0.1) is 18.3 Å². The first kappa shape index (κ1) is 58.0. The third-order valence-electron chi connectivity index (χ3n) is 14.0.